The second kappa shape index (κ2) is 15.7. The van der Waals surface area contributed by atoms with Crippen LogP contribution in [0.25, 0.3) is 0 Å². The standard InChI is InChI=1S/C42H47N3/c1-31-10-8-12-34(24-31)18-20-36-14-4-7-17-40(36)29-45(23-22-42(44)33(3)28-43)30-41-27-38-16-6-5-15-37(38)26-39(41)21-19-35-13-9-11-32(2)25-35/h4,7-8,10,12-14,17,24-27,42H,3,5-6,15-16,18-23,29-30,44H2,1-2H3. The van der Waals surface area contributed by atoms with Gasteiger partial charge in [0.15, 0.2) is 0 Å². The van der Waals surface area contributed by atoms with Crippen molar-refractivity contribution in [3.05, 3.63) is 153 Å². The summed E-state index contributed by atoms with van der Waals surface area (Å²) in [6.07, 6.45) is 9.62. The van der Waals surface area contributed by atoms with E-state index in [-0.39, 0.29) is 6.04 Å². The van der Waals surface area contributed by atoms with Gasteiger partial charge in [-0.15, -0.1) is 0 Å². The number of hydrogen-bond acceptors (Lipinski definition) is 3. The first-order chi connectivity index (χ1) is 21.9. The zero-order valence-corrected chi connectivity index (χ0v) is 27.2. The van der Waals surface area contributed by atoms with E-state index in [1.807, 2.05) is 0 Å². The van der Waals surface area contributed by atoms with Crippen LogP contribution < -0.4 is 5.73 Å². The normalized spacial score (nSPS) is 13.1. The highest BCUT2D eigenvalue weighted by Crippen LogP contribution is 2.28. The van der Waals surface area contributed by atoms with Gasteiger partial charge in [-0.1, -0.05) is 84.9 Å². The Labute approximate surface area is 271 Å². The zero-order valence-electron chi connectivity index (χ0n) is 27.2. The van der Waals surface area contributed by atoms with E-state index in [0.717, 1.165) is 50.9 Å². The fraction of sp³-hybridized carbons (Fsp3) is 0.357. The summed E-state index contributed by atoms with van der Waals surface area (Å²) in [5.74, 6) is 0. The Morgan fingerprint density at radius 3 is 2.27 bits per heavy atom. The average Bonchev–Trinajstić information content (AvgIpc) is 3.05. The Kier molecular flexibility index (Phi) is 11.3. The predicted octanol–water partition coefficient (Wildman–Crippen LogP) is 8.15. The molecule has 0 saturated heterocycles. The van der Waals surface area contributed by atoms with E-state index < -0.39 is 0 Å². The van der Waals surface area contributed by atoms with Gasteiger partial charge < -0.3 is 5.73 Å². The summed E-state index contributed by atoms with van der Waals surface area (Å²) in [7, 11) is 0. The first-order valence-electron chi connectivity index (χ1n) is 16.6. The van der Waals surface area contributed by atoms with Gasteiger partial charge in [-0.3, -0.25) is 4.90 Å². The van der Waals surface area contributed by atoms with Gasteiger partial charge in [-0.05, 0) is 134 Å². The topological polar surface area (TPSA) is 53.1 Å². The lowest BCUT2D eigenvalue weighted by atomic mass is 9.86. The lowest BCUT2D eigenvalue weighted by Crippen LogP contribution is -2.31. The maximum atomic E-state index is 9.42. The van der Waals surface area contributed by atoms with Crippen molar-refractivity contribution in [3.63, 3.8) is 0 Å². The third-order valence-electron chi connectivity index (χ3n) is 9.30. The van der Waals surface area contributed by atoms with Crippen molar-refractivity contribution < 1.29 is 0 Å². The van der Waals surface area contributed by atoms with E-state index in [4.69, 9.17) is 5.73 Å². The minimum atomic E-state index is -0.327. The van der Waals surface area contributed by atoms with E-state index in [2.05, 4.69) is 116 Å². The molecular weight excluding hydrogens is 546 g/mol. The summed E-state index contributed by atoms with van der Waals surface area (Å²) in [5.41, 5.74) is 20.7. The molecule has 0 radical (unpaired) electrons. The molecule has 1 aliphatic rings. The van der Waals surface area contributed by atoms with E-state index in [0.29, 0.717) is 12.0 Å². The number of nitriles is 1. The van der Waals surface area contributed by atoms with Crippen molar-refractivity contribution in [1.29, 1.82) is 5.26 Å². The summed E-state index contributed by atoms with van der Waals surface area (Å²) < 4.78 is 0. The highest BCUT2D eigenvalue weighted by molar-refractivity contribution is 5.41. The van der Waals surface area contributed by atoms with Gasteiger partial charge in [0.1, 0.15) is 0 Å². The highest BCUT2D eigenvalue weighted by Gasteiger charge is 2.18. The van der Waals surface area contributed by atoms with Crippen LogP contribution in [0.15, 0.2) is 84.9 Å². The van der Waals surface area contributed by atoms with Crippen LogP contribution in [-0.2, 0) is 51.6 Å². The van der Waals surface area contributed by atoms with Gasteiger partial charge in [0.25, 0.3) is 0 Å². The Morgan fingerprint density at radius 2 is 1.53 bits per heavy atom. The van der Waals surface area contributed by atoms with Gasteiger partial charge in [-0.2, -0.15) is 5.26 Å². The van der Waals surface area contributed by atoms with Crippen LogP contribution in [0.1, 0.15) is 74.9 Å². The molecular formula is C42H47N3. The van der Waals surface area contributed by atoms with Gasteiger partial charge in [0.05, 0.1) is 6.07 Å². The molecule has 0 amide bonds. The number of nitrogens with two attached hydrogens (primary N) is 1. The Bertz CT molecular complexity index is 1640. The molecule has 45 heavy (non-hydrogen) atoms. The minimum absolute atomic E-state index is 0.327. The molecule has 4 aromatic rings. The van der Waals surface area contributed by atoms with Crippen molar-refractivity contribution in [3.8, 4) is 6.07 Å². The number of nitrogens with zero attached hydrogens (tertiary/aromatic N) is 2. The second-order valence-corrected chi connectivity index (χ2v) is 12.9. The molecule has 0 heterocycles. The molecule has 2 N–H and O–H groups in total. The molecule has 0 bridgehead atoms. The lowest BCUT2D eigenvalue weighted by molar-refractivity contribution is 0.248. The fourth-order valence-electron chi connectivity index (χ4n) is 6.67. The number of rotatable bonds is 14. The maximum absolute atomic E-state index is 9.42. The molecule has 3 heteroatoms. The fourth-order valence-corrected chi connectivity index (χ4v) is 6.67. The molecule has 0 saturated carbocycles. The largest absolute Gasteiger partial charge is 0.323 e. The van der Waals surface area contributed by atoms with Gasteiger partial charge in [-0.25, -0.2) is 0 Å². The van der Waals surface area contributed by atoms with Crippen LogP contribution in [0.4, 0.5) is 0 Å². The molecule has 0 aliphatic heterocycles. The molecule has 5 rings (SSSR count). The van der Waals surface area contributed by atoms with Crippen LogP contribution in [0.2, 0.25) is 0 Å². The smallest absolute Gasteiger partial charge is 0.0957 e. The third-order valence-corrected chi connectivity index (χ3v) is 9.30. The van der Waals surface area contributed by atoms with Crippen molar-refractivity contribution in [2.45, 2.75) is 90.8 Å². The van der Waals surface area contributed by atoms with Crippen LogP contribution in [-0.4, -0.2) is 17.5 Å². The quantitative estimate of drug-likeness (QED) is 0.150. The van der Waals surface area contributed by atoms with Crippen LogP contribution in [0, 0.1) is 37.3 Å². The summed E-state index contributed by atoms with van der Waals surface area (Å²) in [4.78, 5) is 2.54. The van der Waals surface area contributed by atoms with E-state index in [1.165, 1.54) is 75.8 Å². The summed E-state index contributed by atoms with van der Waals surface area (Å²) in [5, 5.41) is 9.42. The number of aryl methyl sites for hydroxylation is 8. The van der Waals surface area contributed by atoms with Gasteiger partial charge in [0, 0.05) is 31.2 Å². The van der Waals surface area contributed by atoms with E-state index in [1.54, 1.807) is 0 Å². The molecule has 4 aromatic carbocycles. The summed E-state index contributed by atoms with van der Waals surface area (Å²) >= 11 is 0. The Balaban J connectivity index is 1.41. The zero-order chi connectivity index (χ0) is 31.6. The molecule has 1 atom stereocenters. The predicted molar refractivity (Wildman–Crippen MR) is 186 cm³/mol. The molecule has 0 fully saturated rings. The lowest BCUT2D eigenvalue weighted by Gasteiger charge is -2.28. The molecule has 0 aromatic heterocycles. The highest BCUT2D eigenvalue weighted by atomic mass is 15.1. The van der Waals surface area contributed by atoms with Crippen molar-refractivity contribution in [2.24, 2.45) is 5.73 Å². The summed E-state index contributed by atoms with van der Waals surface area (Å²) in [6.45, 7) is 10.7. The molecule has 1 unspecified atom stereocenters. The number of benzene rings is 3. The van der Waals surface area contributed by atoms with Gasteiger partial charge in [0.2, 0.25) is 0 Å². The van der Waals surface area contributed by atoms with E-state index >= 15 is 0 Å². The monoisotopic (exact) mass is 593 g/mol. The van der Waals surface area contributed by atoms with Crippen molar-refractivity contribution in [1.82, 2.24) is 4.90 Å². The Morgan fingerprint density at radius 1 is 0.844 bits per heavy atom. The average molecular weight is 594 g/mol. The summed E-state index contributed by atoms with van der Waals surface area (Å²) in [6, 6.07) is 35.2. The maximum Gasteiger partial charge on any atom is 0.0957 e. The van der Waals surface area contributed by atoms with E-state index in [9.17, 15) is 5.26 Å². The number of fused-ring (bicyclic) bond motifs is 1. The SMILES string of the molecule is C=C(C#N)C(N)CCN(Cc1ccccc1CCc1cccc(C)c1)Cc1cc2c(cc1CCc1cc#cc(C)c1)CCCC2. The first-order valence-corrected chi connectivity index (χ1v) is 16.6. The van der Waals surface area contributed by atoms with Crippen molar-refractivity contribution in [2.75, 3.05) is 6.54 Å². The molecule has 0 spiro atoms. The molecule has 1 aliphatic carbocycles. The molecule has 3 nitrogen and oxygen atoms in total. The second-order valence-electron chi connectivity index (χ2n) is 12.9. The van der Waals surface area contributed by atoms with Crippen molar-refractivity contribution >= 4 is 0 Å². The van der Waals surface area contributed by atoms with Gasteiger partial charge >= 0.3 is 0 Å². The minimum Gasteiger partial charge on any atom is -0.323 e. The number of hydrogen-bond donors (Lipinski definition) is 1. The Hall–Kier alpha value is -4.15. The molecule has 230 valence electrons. The first kappa shape index (κ1) is 32.2. The third kappa shape index (κ3) is 9.18. The van der Waals surface area contributed by atoms with Crippen LogP contribution in [0.3, 0.4) is 0 Å². The van der Waals surface area contributed by atoms with Crippen LogP contribution >= 0.6 is 0 Å². The van der Waals surface area contributed by atoms with Crippen LogP contribution in [0.5, 0.6) is 0 Å².